The third kappa shape index (κ3) is 3.96. The lowest BCUT2D eigenvalue weighted by Gasteiger charge is -2.16. The molecule has 19 heavy (non-hydrogen) atoms. The van der Waals surface area contributed by atoms with Crippen molar-refractivity contribution in [2.45, 2.75) is 25.4 Å². The Morgan fingerprint density at radius 2 is 2.21 bits per heavy atom. The molecule has 0 radical (unpaired) electrons. The van der Waals surface area contributed by atoms with E-state index in [1.807, 2.05) is 19.0 Å². The standard InChI is InChI=1S/C13H21N5S/c1-14-12(16-10-6-4-5-7-10)15-8-11-9-19-13(17-11)18(2)3/h4-5,9-10H,6-8H2,1-3H3,(H2,14,15,16). The van der Waals surface area contributed by atoms with Crippen LogP contribution in [0.25, 0.3) is 0 Å². The molecule has 0 saturated carbocycles. The van der Waals surface area contributed by atoms with Gasteiger partial charge < -0.3 is 15.5 Å². The summed E-state index contributed by atoms with van der Waals surface area (Å²) in [5.74, 6) is 0.841. The number of thiazole rings is 1. The van der Waals surface area contributed by atoms with Crippen molar-refractivity contribution in [3.05, 3.63) is 23.2 Å². The highest BCUT2D eigenvalue weighted by atomic mass is 32.1. The molecule has 0 amide bonds. The van der Waals surface area contributed by atoms with E-state index in [4.69, 9.17) is 0 Å². The minimum atomic E-state index is 0.471. The molecule has 0 saturated heterocycles. The molecule has 1 aromatic rings. The van der Waals surface area contributed by atoms with Crippen molar-refractivity contribution in [1.29, 1.82) is 0 Å². The van der Waals surface area contributed by atoms with Gasteiger partial charge in [-0.05, 0) is 12.8 Å². The van der Waals surface area contributed by atoms with E-state index in [0.29, 0.717) is 12.6 Å². The molecule has 5 nitrogen and oxygen atoms in total. The summed E-state index contributed by atoms with van der Waals surface area (Å²) in [7, 11) is 5.80. The Morgan fingerprint density at radius 3 is 2.79 bits per heavy atom. The molecular weight excluding hydrogens is 258 g/mol. The topological polar surface area (TPSA) is 52.6 Å². The van der Waals surface area contributed by atoms with Crippen LogP contribution in [0.1, 0.15) is 18.5 Å². The Labute approximate surface area is 118 Å². The van der Waals surface area contributed by atoms with Crippen molar-refractivity contribution in [1.82, 2.24) is 15.6 Å². The van der Waals surface area contributed by atoms with E-state index < -0.39 is 0 Å². The summed E-state index contributed by atoms with van der Waals surface area (Å²) in [5.41, 5.74) is 1.04. The zero-order valence-electron chi connectivity index (χ0n) is 11.7. The number of rotatable bonds is 4. The van der Waals surface area contributed by atoms with E-state index in [-0.39, 0.29) is 0 Å². The summed E-state index contributed by atoms with van der Waals surface area (Å²) < 4.78 is 0. The minimum Gasteiger partial charge on any atom is -0.354 e. The van der Waals surface area contributed by atoms with Crippen LogP contribution in [-0.4, -0.2) is 38.1 Å². The maximum absolute atomic E-state index is 4.53. The van der Waals surface area contributed by atoms with Crippen LogP contribution < -0.4 is 15.5 Å². The van der Waals surface area contributed by atoms with Crippen LogP contribution in [0.5, 0.6) is 0 Å². The highest BCUT2D eigenvalue weighted by Gasteiger charge is 2.11. The van der Waals surface area contributed by atoms with Gasteiger partial charge in [0.2, 0.25) is 0 Å². The Balaban J connectivity index is 1.81. The smallest absolute Gasteiger partial charge is 0.191 e. The first kappa shape index (κ1) is 13.9. The van der Waals surface area contributed by atoms with Gasteiger partial charge >= 0.3 is 0 Å². The molecule has 6 heteroatoms. The summed E-state index contributed by atoms with van der Waals surface area (Å²) in [6.07, 6.45) is 6.55. The quantitative estimate of drug-likeness (QED) is 0.499. The third-order valence-electron chi connectivity index (χ3n) is 2.93. The second kappa shape index (κ2) is 6.56. The molecule has 2 N–H and O–H groups in total. The van der Waals surface area contributed by atoms with Gasteiger partial charge in [-0.15, -0.1) is 11.3 Å². The zero-order chi connectivity index (χ0) is 13.7. The number of hydrogen-bond acceptors (Lipinski definition) is 4. The summed E-state index contributed by atoms with van der Waals surface area (Å²) in [6, 6.07) is 0.471. The first-order valence-corrected chi connectivity index (χ1v) is 7.31. The highest BCUT2D eigenvalue weighted by Crippen LogP contribution is 2.17. The zero-order valence-corrected chi connectivity index (χ0v) is 12.5. The lowest BCUT2D eigenvalue weighted by molar-refractivity contribution is 0.632. The Bertz CT molecular complexity index is 455. The van der Waals surface area contributed by atoms with E-state index in [1.165, 1.54) is 0 Å². The van der Waals surface area contributed by atoms with Crippen LogP contribution in [0.4, 0.5) is 5.13 Å². The highest BCUT2D eigenvalue weighted by molar-refractivity contribution is 7.13. The van der Waals surface area contributed by atoms with E-state index in [2.05, 4.69) is 38.1 Å². The van der Waals surface area contributed by atoms with Crippen LogP contribution in [0, 0.1) is 0 Å². The Hall–Kier alpha value is -1.56. The van der Waals surface area contributed by atoms with E-state index >= 15 is 0 Å². The summed E-state index contributed by atoms with van der Waals surface area (Å²) in [4.78, 5) is 10.8. The molecule has 1 aromatic heterocycles. The van der Waals surface area contributed by atoms with Crippen LogP contribution in [0.15, 0.2) is 22.5 Å². The lowest BCUT2D eigenvalue weighted by atomic mass is 10.2. The van der Waals surface area contributed by atoms with Gasteiger partial charge in [0.25, 0.3) is 0 Å². The van der Waals surface area contributed by atoms with Gasteiger partial charge in [-0.1, -0.05) is 12.2 Å². The van der Waals surface area contributed by atoms with Crippen molar-refractivity contribution < 1.29 is 0 Å². The average Bonchev–Trinajstić information content (AvgIpc) is 3.05. The van der Waals surface area contributed by atoms with Gasteiger partial charge in [0.15, 0.2) is 11.1 Å². The molecule has 1 aliphatic carbocycles. The first-order chi connectivity index (χ1) is 9.19. The molecule has 0 fully saturated rings. The molecular formula is C13H21N5S. The number of guanidine groups is 1. The average molecular weight is 279 g/mol. The number of aromatic nitrogens is 1. The lowest BCUT2D eigenvalue weighted by Crippen LogP contribution is -2.42. The molecule has 0 spiro atoms. The fourth-order valence-corrected chi connectivity index (χ4v) is 2.64. The van der Waals surface area contributed by atoms with Crippen molar-refractivity contribution in [3.63, 3.8) is 0 Å². The SMILES string of the molecule is CN=C(NCc1csc(N(C)C)n1)NC1CC=CC1. The van der Waals surface area contributed by atoms with E-state index in [0.717, 1.165) is 29.6 Å². The predicted octanol–water partition coefficient (Wildman–Crippen LogP) is 1.59. The molecule has 0 aromatic carbocycles. The normalized spacial score (nSPS) is 15.8. The first-order valence-electron chi connectivity index (χ1n) is 6.43. The fraction of sp³-hybridized carbons (Fsp3) is 0.538. The second-order valence-electron chi connectivity index (χ2n) is 4.73. The summed E-state index contributed by atoms with van der Waals surface area (Å²) >= 11 is 1.65. The number of nitrogens with one attached hydrogen (secondary N) is 2. The van der Waals surface area contributed by atoms with E-state index in [1.54, 1.807) is 18.4 Å². The van der Waals surface area contributed by atoms with Crippen LogP contribution in [-0.2, 0) is 6.54 Å². The Kier molecular flexibility index (Phi) is 4.79. The molecule has 1 heterocycles. The molecule has 1 aliphatic rings. The van der Waals surface area contributed by atoms with Crippen LogP contribution in [0.3, 0.4) is 0 Å². The Morgan fingerprint density at radius 1 is 1.47 bits per heavy atom. The summed E-state index contributed by atoms with van der Waals surface area (Å²) in [5, 5.41) is 9.81. The van der Waals surface area contributed by atoms with Crippen molar-refractivity contribution in [3.8, 4) is 0 Å². The van der Waals surface area contributed by atoms with Crippen LogP contribution in [0.2, 0.25) is 0 Å². The number of nitrogens with zero attached hydrogens (tertiary/aromatic N) is 3. The predicted molar refractivity (Wildman–Crippen MR) is 81.9 cm³/mol. The van der Waals surface area contributed by atoms with Gasteiger partial charge in [-0.2, -0.15) is 0 Å². The minimum absolute atomic E-state index is 0.471. The molecule has 0 bridgehead atoms. The molecule has 0 atom stereocenters. The number of aliphatic imine (C=N–C) groups is 1. The van der Waals surface area contributed by atoms with Crippen molar-refractivity contribution >= 4 is 22.4 Å². The largest absolute Gasteiger partial charge is 0.354 e. The maximum atomic E-state index is 4.53. The van der Waals surface area contributed by atoms with Gasteiger partial charge in [-0.25, -0.2) is 4.98 Å². The fourth-order valence-electron chi connectivity index (χ4n) is 1.88. The maximum Gasteiger partial charge on any atom is 0.191 e. The molecule has 0 aliphatic heterocycles. The molecule has 0 unspecified atom stereocenters. The third-order valence-corrected chi connectivity index (χ3v) is 3.99. The van der Waals surface area contributed by atoms with Gasteiger partial charge in [0.1, 0.15) is 0 Å². The van der Waals surface area contributed by atoms with Crippen LogP contribution >= 0.6 is 11.3 Å². The summed E-state index contributed by atoms with van der Waals surface area (Å²) in [6.45, 7) is 0.699. The van der Waals surface area contributed by atoms with Gasteiger partial charge in [0, 0.05) is 32.6 Å². The van der Waals surface area contributed by atoms with E-state index in [9.17, 15) is 0 Å². The number of hydrogen-bond donors (Lipinski definition) is 2. The van der Waals surface area contributed by atoms with Gasteiger partial charge in [0.05, 0.1) is 12.2 Å². The molecule has 2 rings (SSSR count). The molecule has 104 valence electrons. The number of anilines is 1. The van der Waals surface area contributed by atoms with Crippen molar-refractivity contribution in [2.24, 2.45) is 4.99 Å². The second-order valence-corrected chi connectivity index (χ2v) is 5.56. The van der Waals surface area contributed by atoms with Crippen molar-refractivity contribution in [2.75, 3.05) is 26.0 Å². The van der Waals surface area contributed by atoms with Gasteiger partial charge in [-0.3, -0.25) is 4.99 Å². The monoisotopic (exact) mass is 279 g/mol.